The molecule has 0 aromatic heterocycles. The summed E-state index contributed by atoms with van der Waals surface area (Å²) in [6.45, 7) is 6.94. The number of hydrogen-bond donors (Lipinski definition) is 1. The summed E-state index contributed by atoms with van der Waals surface area (Å²) in [4.78, 5) is 4.14. The van der Waals surface area contributed by atoms with E-state index >= 15 is 0 Å². The van der Waals surface area contributed by atoms with Crippen molar-refractivity contribution in [2.24, 2.45) is 4.99 Å². The smallest absolute Gasteiger partial charge is 0.215 e. The van der Waals surface area contributed by atoms with E-state index in [1.807, 2.05) is 19.9 Å². The van der Waals surface area contributed by atoms with E-state index in [0.717, 1.165) is 17.8 Å². The fourth-order valence-corrected chi connectivity index (χ4v) is 2.02. The highest BCUT2D eigenvalue weighted by molar-refractivity contribution is 5.95. The predicted molar refractivity (Wildman–Crippen MR) is 87.7 cm³/mol. The second-order valence-corrected chi connectivity index (χ2v) is 4.54. The zero-order valence-electron chi connectivity index (χ0n) is 13.0. The van der Waals surface area contributed by atoms with Gasteiger partial charge in [-0.1, -0.05) is 18.2 Å². The zero-order chi connectivity index (χ0) is 15.0. The molecule has 1 aromatic carbocycles. The molecule has 3 heteroatoms. The zero-order valence-corrected chi connectivity index (χ0v) is 13.0. The largest absolute Gasteiger partial charge is 0.481 e. The number of anilines is 1. The molecule has 1 aromatic rings. The number of nitrogens with one attached hydrogen (secondary N) is 1. The lowest BCUT2D eigenvalue weighted by Gasteiger charge is -2.11. The molecule has 0 bridgehead atoms. The first kappa shape index (κ1) is 16.0. The molecular formula is C17H24N2O. The minimum atomic E-state index is 0.650. The fourth-order valence-electron chi connectivity index (χ4n) is 2.02. The van der Waals surface area contributed by atoms with Gasteiger partial charge < -0.3 is 10.1 Å². The van der Waals surface area contributed by atoms with Crippen LogP contribution in [-0.4, -0.2) is 26.6 Å². The van der Waals surface area contributed by atoms with Crippen LogP contribution in [0.3, 0.4) is 0 Å². The molecule has 0 amide bonds. The molecule has 20 heavy (non-hydrogen) atoms. The predicted octanol–water partition coefficient (Wildman–Crippen LogP) is 3.95. The van der Waals surface area contributed by atoms with Crippen LogP contribution < -0.4 is 5.32 Å². The fraction of sp³-hybridized carbons (Fsp3) is 0.353. The Balaban J connectivity index is 2.91. The topological polar surface area (TPSA) is 33.6 Å². The summed E-state index contributed by atoms with van der Waals surface area (Å²) in [6, 6.07) is 6.25. The number of allylic oxidation sites excluding steroid dienone is 2. The Kier molecular flexibility index (Phi) is 6.57. The summed E-state index contributed by atoms with van der Waals surface area (Å²) < 4.78 is 5.28. The molecule has 0 radical (unpaired) electrons. The van der Waals surface area contributed by atoms with Gasteiger partial charge in [-0.05, 0) is 50.1 Å². The molecule has 3 nitrogen and oxygen atoms in total. The van der Waals surface area contributed by atoms with Gasteiger partial charge in [0.2, 0.25) is 5.90 Å². The summed E-state index contributed by atoms with van der Waals surface area (Å²) >= 11 is 0. The molecule has 0 fully saturated rings. The third-order valence-corrected chi connectivity index (χ3v) is 2.97. The maximum absolute atomic E-state index is 5.28. The molecule has 0 saturated carbocycles. The van der Waals surface area contributed by atoms with Gasteiger partial charge in [-0.3, -0.25) is 4.99 Å². The van der Waals surface area contributed by atoms with Crippen molar-refractivity contribution in [3.05, 3.63) is 53.1 Å². The van der Waals surface area contributed by atoms with Gasteiger partial charge in [-0.25, -0.2) is 0 Å². The SMILES string of the molecule is C/C=C\C(=C/C)CNc1cc(C)cc(C(=NC)OC)c1. The van der Waals surface area contributed by atoms with E-state index in [-0.39, 0.29) is 0 Å². The normalized spacial score (nSPS) is 12.8. The maximum Gasteiger partial charge on any atom is 0.215 e. The van der Waals surface area contributed by atoms with Crippen LogP contribution in [0, 0.1) is 6.92 Å². The van der Waals surface area contributed by atoms with Crippen molar-refractivity contribution in [3.63, 3.8) is 0 Å². The Hall–Kier alpha value is -2.03. The second-order valence-electron chi connectivity index (χ2n) is 4.54. The van der Waals surface area contributed by atoms with Gasteiger partial charge >= 0.3 is 0 Å². The number of aliphatic imine (C=N–C) groups is 1. The third-order valence-electron chi connectivity index (χ3n) is 2.97. The molecule has 0 aliphatic heterocycles. The molecule has 0 spiro atoms. The standard InChI is InChI=1S/C17H24N2O/c1-6-8-14(7-2)12-19-16-10-13(3)9-15(11-16)17(18-4)20-5/h6-11,19H,12H2,1-5H3/b8-6-,14-7+,18-17?. The van der Waals surface area contributed by atoms with E-state index in [0.29, 0.717) is 5.90 Å². The van der Waals surface area contributed by atoms with Crippen molar-refractivity contribution < 1.29 is 4.74 Å². The van der Waals surface area contributed by atoms with Gasteiger partial charge in [0.15, 0.2) is 0 Å². The van der Waals surface area contributed by atoms with Crippen LogP contribution in [0.5, 0.6) is 0 Å². The number of methoxy groups -OCH3 is 1. The molecule has 108 valence electrons. The van der Waals surface area contributed by atoms with Crippen molar-refractivity contribution in [1.29, 1.82) is 0 Å². The summed E-state index contributed by atoms with van der Waals surface area (Å²) in [5, 5.41) is 3.43. The summed E-state index contributed by atoms with van der Waals surface area (Å²) in [5.41, 5.74) is 4.50. The van der Waals surface area contributed by atoms with Crippen molar-refractivity contribution in [2.45, 2.75) is 20.8 Å². The molecule has 0 atom stereocenters. The first-order chi connectivity index (χ1) is 9.64. The lowest BCUT2D eigenvalue weighted by molar-refractivity contribution is 0.404. The van der Waals surface area contributed by atoms with Gasteiger partial charge in [-0.2, -0.15) is 0 Å². The quantitative estimate of drug-likeness (QED) is 0.500. The molecule has 0 saturated heterocycles. The first-order valence-electron chi connectivity index (χ1n) is 6.79. The van der Waals surface area contributed by atoms with Gasteiger partial charge in [-0.15, -0.1) is 0 Å². The molecule has 0 aliphatic rings. The molecule has 0 aliphatic carbocycles. The summed E-state index contributed by atoms with van der Waals surface area (Å²) in [7, 11) is 3.37. The van der Waals surface area contributed by atoms with Gasteiger partial charge in [0.05, 0.1) is 7.11 Å². The monoisotopic (exact) mass is 272 g/mol. The van der Waals surface area contributed by atoms with Crippen LogP contribution in [0.4, 0.5) is 5.69 Å². The average molecular weight is 272 g/mol. The Bertz CT molecular complexity index is 528. The molecular weight excluding hydrogens is 248 g/mol. The number of benzene rings is 1. The van der Waals surface area contributed by atoms with Crippen LogP contribution in [-0.2, 0) is 4.74 Å². The van der Waals surface area contributed by atoms with Crippen molar-refractivity contribution in [3.8, 4) is 0 Å². The molecule has 0 heterocycles. The van der Waals surface area contributed by atoms with E-state index in [9.17, 15) is 0 Å². The van der Waals surface area contributed by atoms with Crippen LogP contribution in [0.2, 0.25) is 0 Å². The number of hydrogen-bond acceptors (Lipinski definition) is 3. The van der Waals surface area contributed by atoms with E-state index in [1.54, 1.807) is 14.2 Å². The van der Waals surface area contributed by atoms with Crippen LogP contribution in [0.25, 0.3) is 0 Å². The Morgan fingerprint density at radius 3 is 2.60 bits per heavy atom. The Labute approximate surface area is 122 Å². The van der Waals surface area contributed by atoms with E-state index in [1.165, 1.54) is 11.1 Å². The van der Waals surface area contributed by atoms with Crippen LogP contribution in [0.15, 0.2) is 47.0 Å². The molecule has 0 unspecified atom stereocenters. The van der Waals surface area contributed by atoms with Crippen LogP contribution >= 0.6 is 0 Å². The highest BCUT2D eigenvalue weighted by Crippen LogP contribution is 2.16. The highest BCUT2D eigenvalue weighted by atomic mass is 16.5. The van der Waals surface area contributed by atoms with Crippen molar-refractivity contribution >= 4 is 11.6 Å². The maximum atomic E-state index is 5.28. The van der Waals surface area contributed by atoms with Gasteiger partial charge in [0.1, 0.15) is 0 Å². The number of rotatable bonds is 5. The third kappa shape index (κ3) is 4.57. The van der Waals surface area contributed by atoms with E-state index in [2.05, 4.69) is 47.6 Å². The minimum Gasteiger partial charge on any atom is -0.481 e. The number of ether oxygens (including phenoxy) is 1. The van der Waals surface area contributed by atoms with Gasteiger partial charge in [0, 0.05) is 24.8 Å². The number of aryl methyl sites for hydroxylation is 1. The Morgan fingerprint density at radius 2 is 2.05 bits per heavy atom. The van der Waals surface area contributed by atoms with Crippen LogP contribution in [0.1, 0.15) is 25.0 Å². The first-order valence-corrected chi connectivity index (χ1v) is 6.79. The number of nitrogens with zero attached hydrogens (tertiary/aromatic N) is 1. The van der Waals surface area contributed by atoms with Gasteiger partial charge in [0.25, 0.3) is 0 Å². The molecule has 1 N–H and O–H groups in total. The summed E-state index contributed by atoms with van der Waals surface area (Å²) in [6.07, 6.45) is 6.26. The lowest BCUT2D eigenvalue weighted by atomic mass is 10.1. The van der Waals surface area contributed by atoms with E-state index in [4.69, 9.17) is 4.74 Å². The Morgan fingerprint density at radius 1 is 1.30 bits per heavy atom. The minimum absolute atomic E-state index is 0.650. The van der Waals surface area contributed by atoms with E-state index < -0.39 is 0 Å². The average Bonchev–Trinajstić information content (AvgIpc) is 2.44. The summed E-state index contributed by atoms with van der Waals surface area (Å²) in [5.74, 6) is 0.650. The van der Waals surface area contributed by atoms with Crippen molar-refractivity contribution in [1.82, 2.24) is 0 Å². The second kappa shape index (κ2) is 8.20. The highest BCUT2D eigenvalue weighted by Gasteiger charge is 2.05. The lowest BCUT2D eigenvalue weighted by Crippen LogP contribution is -2.07. The van der Waals surface area contributed by atoms with Crippen molar-refractivity contribution in [2.75, 3.05) is 26.0 Å². The molecule has 1 rings (SSSR count).